The molecule has 0 bridgehead atoms. The van der Waals surface area contributed by atoms with Crippen molar-refractivity contribution in [2.24, 2.45) is 0 Å². The Bertz CT molecular complexity index is 930. The van der Waals surface area contributed by atoms with Crippen molar-refractivity contribution < 1.29 is 20.7 Å². The number of phenolic OH excluding ortho intramolecular Hbond substituents is 2. The molecular formula is C16H12O5. The van der Waals surface area contributed by atoms with Crippen molar-refractivity contribution >= 4 is 11.0 Å². The van der Waals surface area contributed by atoms with Crippen LogP contribution in [0.25, 0.3) is 22.3 Å². The van der Waals surface area contributed by atoms with Crippen LogP contribution in [0, 0.1) is 0 Å². The van der Waals surface area contributed by atoms with E-state index in [-0.39, 0.29) is 40.0 Å². The van der Waals surface area contributed by atoms with Gasteiger partial charge in [-0.25, -0.2) is 0 Å². The third-order valence-corrected chi connectivity index (χ3v) is 3.11. The predicted molar refractivity (Wildman–Crippen MR) is 77.8 cm³/mol. The molecule has 0 unspecified atom stereocenters. The molecule has 0 atom stereocenters. The number of methoxy groups -OCH3 is 1. The van der Waals surface area contributed by atoms with Gasteiger partial charge in [0.2, 0.25) is 11.2 Å². The number of hydrogen-bond donors (Lipinski definition) is 2. The molecule has 0 aliphatic heterocycles. The molecule has 1 heterocycles. The van der Waals surface area contributed by atoms with Gasteiger partial charge in [0.25, 0.3) is 0 Å². The van der Waals surface area contributed by atoms with Crippen LogP contribution in [0.3, 0.4) is 0 Å². The Kier molecular flexibility index (Phi) is 2.74. The van der Waals surface area contributed by atoms with Crippen LogP contribution in [0.5, 0.6) is 17.2 Å². The molecule has 0 aliphatic carbocycles. The van der Waals surface area contributed by atoms with Crippen LogP contribution in [-0.4, -0.2) is 17.3 Å². The van der Waals surface area contributed by atoms with Gasteiger partial charge in [0.1, 0.15) is 5.58 Å². The fraction of sp³-hybridized carbons (Fsp3) is 0.0625. The minimum absolute atomic E-state index is 0.0460. The van der Waals surface area contributed by atoms with Crippen LogP contribution in [0.2, 0.25) is 0 Å². The standard InChI is InChI=1S/C16H12O5/c1-20-16-14(19)10-4-2-3-5-13(10)21-15(16)9-6-7-11(17)12(18)8-9/h2-8,17-18H,1H3/i4D. The molecule has 0 saturated heterocycles. The van der Waals surface area contributed by atoms with E-state index in [1.807, 2.05) is 0 Å². The maximum Gasteiger partial charge on any atom is 0.235 e. The number of ether oxygens (including phenoxy) is 1. The van der Waals surface area contributed by atoms with Crippen molar-refractivity contribution in [3.05, 3.63) is 52.7 Å². The molecule has 0 fully saturated rings. The first-order chi connectivity index (χ1) is 10.5. The second kappa shape index (κ2) is 4.86. The lowest BCUT2D eigenvalue weighted by Gasteiger charge is -2.09. The van der Waals surface area contributed by atoms with Gasteiger partial charge in [0.05, 0.1) is 13.9 Å². The SMILES string of the molecule is [2H]c1cccc2oc(-c3ccc(O)c(O)c3)c(OC)c(=O)c12. The minimum atomic E-state index is -0.461. The van der Waals surface area contributed by atoms with Crippen molar-refractivity contribution in [2.75, 3.05) is 7.11 Å². The van der Waals surface area contributed by atoms with Crippen LogP contribution in [0.1, 0.15) is 1.37 Å². The van der Waals surface area contributed by atoms with E-state index in [9.17, 15) is 15.0 Å². The zero-order valence-electron chi connectivity index (χ0n) is 12.1. The van der Waals surface area contributed by atoms with E-state index >= 15 is 0 Å². The van der Waals surface area contributed by atoms with Crippen LogP contribution < -0.4 is 10.2 Å². The molecule has 21 heavy (non-hydrogen) atoms. The molecule has 2 N–H and O–H groups in total. The Balaban J connectivity index is 2.39. The summed E-state index contributed by atoms with van der Waals surface area (Å²) in [6.07, 6.45) is 0. The normalized spacial score (nSPS) is 11.4. The number of phenols is 2. The number of hydrogen-bond acceptors (Lipinski definition) is 5. The number of benzene rings is 2. The third kappa shape index (κ3) is 2.08. The van der Waals surface area contributed by atoms with Crippen LogP contribution in [0.15, 0.2) is 51.7 Å². The number of rotatable bonds is 2. The summed E-state index contributed by atoms with van der Waals surface area (Å²) in [5, 5.41) is 19.1. The summed E-state index contributed by atoms with van der Waals surface area (Å²) in [4.78, 5) is 12.5. The van der Waals surface area contributed by atoms with Crippen molar-refractivity contribution in [1.29, 1.82) is 0 Å². The average molecular weight is 285 g/mol. The molecule has 2 aromatic carbocycles. The molecule has 0 saturated carbocycles. The molecule has 0 radical (unpaired) electrons. The Morgan fingerprint density at radius 1 is 1.19 bits per heavy atom. The van der Waals surface area contributed by atoms with Crippen molar-refractivity contribution in [1.82, 2.24) is 0 Å². The van der Waals surface area contributed by atoms with E-state index in [0.717, 1.165) is 0 Å². The van der Waals surface area contributed by atoms with E-state index in [0.29, 0.717) is 5.56 Å². The fourth-order valence-electron chi connectivity index (χ4n) is 2.10. The topological polar surface area (TPSA) is 79.9 Å². The molecule has 5 nitrogen and oxygen atoms in total. The molecule has 0 spiro atoms. The highest BCUT2D eigenvalue weighted by molar-refractivity contribution is 5.82. The second-order valence-electron chi connectivity index (χ2n) is 4.41. The first kappa shape index (κ1) is 11.8. The highest BCUT2D eigenvalue weighted by Gasteiger charge is 2.17. The van der Waals surface area contributed by atoms with Gasteiger partial charge in [-0.15, -0.1) is 0 Å². The summed E-state index contributed by atoms with van der Waals surface area (Å²) in [7, 11) is 1.33. The molecule has 5 heteroatoms. The highest BCUT2D eigenvalue weighted by Crippen LogP contribution is 2.35. The first-order valence-electron chi connectivity index (χ1n) is 6.65. The van der Waals surface area contributed by atoms with E-state index < -0.39 is 5.43 Å². The Hall–Kier alpha value is -2.95. The van der Waals surface area contributed by atoms with Gasteiger partial charge >= 0.3 is 0 Å². The summed E-state index contributed by atoms with van der Waals surface area (Å²) >= 11 is 0. The van der Waals surface area contributed by atoms with Crippen molar-refractivity contribution in [2.45, 2.75) is 0 Å². The molecular weight excluding hydrogens is 272 g/mol. The number of aromatic hydroxyl groups is 2. The lowest BCUT2D eigenvalue weighted by Crippen LogP contribution is -2.07. The lowest BCUT2D eigenvalue weighted by molar-refractivity contribution is 0.397. The monoisotopic (exact) mass is 285 g/mol. The molecule has 3 aromatic rings. The van der Waals surface area contributed by atoms with Crippen molar-refractivity contribution in [3.63, 3.8) is 0 Å². The van der Waals surface area contributed by atoms with Gasteiger partial charge in [-0.05, 0) is 30.3 Å². The zero-order chi connectivity index (χ0) is 15.9. The summed E-state index contributed by atoms with van der Waals surface area (Å²) in [5.41, 5.74) is 0.166. The van der Waals surface area contributed by atoms with Crippen LogP contribution >= 0.6 is 0 Å². The smallest absolute Gasteiger partial charge is 0.235 e. The summed E-state index contributed by atoms with van der Waals surface area (Å²) in [5.74, 6) is -0.547. The van der Waals surface area contributed by atoms with E-state index in [2.05, 4.69) is 0 Å². The van der Waals surface area contributed by atoms with Crippen LogP contribution in [-0.2, 0) is 0 Å². The number of para-hydroxylation sites is 1. The van der Waals surface area contributed by atoms with Crippen molar-refractivity contribution in [3.8, 4) is 28.6 Å². The van der Waals surface area contributed by atoms with Crippen LogP contribution in [0.4, 0.5) is 0 Å². The van der Waals surface area contributed by atoms with Gasteiger partial charge in [0.15, 0.2) is 17.3 Å². The zero-order valence-corrected chi connectivity index (χ0v) is 11.1. The maximum atomic E-state index is 12.5. The maximum absolute atomic E-state index is 12.5. The average Bonchev–Trinajstić information content (AvgIpc) is 2.49. The fourth-order valence-corrected chi connectivity index (χ4v) is 2.10. The lowest BCUT2D eigenvalue weighted by atomic mass is 10.1. The highest BCUT2D eigenvalue weighted by atomic mass is 16.5. The number of fused-ring (bicyclic) bond motifs is 1. The van der Waals surface area contributed by atoms with Gasteiger partial charge in [0, 0.05) is 5.56 Å². The molecule has 106 valence electrons. The largest absolute Gasteiger partial charge is 0.504 e. The minimum Gasteiger partial charge on any atom is -0.504 e. The molecule has 3 rings (SSSR count). The Labute approximate surface area is 121 Å². The Morgan fingerprint density at radius 3 is 2.71 bits per heavy atom. The Morgan fingerprint density at radius 2 is 2.00 bits per heavy atom. The van der Waals surface area contributed by atoms with Gasteiger partial charge < -0.3 is 19.4 Å². The summed E-state index contributed by atoms with van der Waals surface area (Å²) < 4.78 is 18.6. The van der Waals surface area contributed by atoms with E-state index in [1.165, 1.54) is 31.4 Å². The van der Waals surface area contributed by atoms with Gasteiger partial charge in [-0.3, -0.25) is 4.79 Å². The summed E-state index contributed by atoms with van der Waals surface area (Å²) in [6, 6.07) is 8.78. The quantitative estimate of drug-likeness (QED) is 0.708. The summed E-state index contributed by atoms with van der Waals surface area (Å²) in [6.45, 7) is 0. The molecule has 1 aromatic heterocycles. The van der Waals surface area contributed by atoms with E-state index in [4.69, 9.17) is 10.5 Å². The van der Waals surface area contributed by atoms with Gasteiger partial charge in [-0.2, -0.15) is 0 Å². The van der Waals surface area contributed by atoms with Gasteiger partial charge in [-0.1, -0.05) is 12.1 Å². The third-order valence-electron chi connectivity index (χ3n) is 3.11. The first-order valence-corrected chi connectivity index (χ1v) is 6.15. The molecule has 0 aliphatic rings. The van der Waals surface area contributed by atoms with E-state index in [1.54, 1.807) is 12.1 Å². The second-order valence-corrected chi connectivity index (χ2v) is 4.41. The molecule has 0 amide bonds. The predicted octanol–water partition coefficient (Wildman–Crippen LogP) is 2.88.